The maximum absolute atomic E-state index is 13.5. The first-order chi connectivity index (χ1) is 15.7. The lowest BCUT2D eigenvalue weighted by Gasteiger charge is -2.28. The lowest BCUT2D eigenvalue weighted by molar-refractivity contribution is 0.432. The van der Waals surface area contributed by atoms with Crippen LogP contribution in [0.15, 0.2) is 95.8 Å². The third-order valence-corrected chi connectivity index (χ3v) is 6.09. The van der Waals surface area contributed by atoms with Gasteiger partial charge in [-0.2, -0.15) is 4.98 Å². The topological polar surface area (TPSA) is 55.0 Å². The average Bonchev–Trinajstić information content (AvgIpc) is 2.83. The Bertz CT molecular complexity index is 1520. The highest BCUT2D eigenvalue weighted by atomic mass is 16.5. The van der Waals surface area contributed by atoms with Gasteiger partial charge in [-0.15, -0.1) is 0 Å². The van der Waals surface area contributed by atoms with Crippen LogP contribution in [-0.2, 0) is 0 Å². The molecule has 0 fully saturated rings. The van der Waals surface area contributed by atoms with Crippen molar-refractivity contribution in [1.82, 2.24) is 9.97 Å². The molecule has 1 unspecified atom stereocenters. The Morgan fingerprint density at radius 2 is 1.56 bits per heavy atom. The lowest BCUT2D eigenvalue weighted by atomic mass is 9.81. The lowest BCUT2D eigenvalue weighted by Crippen LogP contribution is -2.24. The molecule has 4 heteroatoms. The van der Waals surface area contributed by atoms with Crippen molar-refractivity contribution in [2.24, 2.45) is 0 Å². The van der Waals surface area contributed by atoms with Crippen LogP contribution in [0.3, 0.4) is 0 Å². The first-order valence-corrected chi connectivity index (χ1v) is 10.6. The molecule has 1 aliphatic heterocycles. The summed E-state index contributed by atoms with van der Waals surface area (Å²) in [5, 5.41) is 2.19. The highest BCUT2D eigenvalue weighted by Gasteiger charge is 2.34. The fraction of sp³-hybridized carbons (Fsp3) is 0.0714. The van der Waals surface area contributed by atoms with Gasteiger partial charge >= 0.3 is 0 Å². The van der Waals surface area contributed by atoms with Crippen LogP contribution in [0.1, 0.15) is 28.2 Å². The van der Waals surface area contributed by atoms with Gasteiger partial charge in [0.15, 0.2) is 0 Å². The summed E-state index contributed by atoms with van der Waals surface area (Å²) in [5.74, 6) is 1.32. The van der Waals surface area contributed by atoms with E-state index in [2.05, 4.69) is 54.4 Å². The van der Waals surface area contributed by atoms with Crippen LogP contribution < -0.4 is 10.3 Å². The van der Waals surface area contributed by atoms with Crippen LogP contribution in [0.4, 0.5) is 0 Å². The number of aryl methyl sites for hydroxylation is 1. The number of hydrogen-bond acceptors (Lipinski definition) is 3. The van der Waals surface area contributed by atoms with Crippen molar-refractivity contribution in [3.63, 3.8) is 0 Å². The fourth-order valence-corrected chi connectivity index (χ4v) is 4.53. The number of nitrogens with zero attached hydrogens (tertiary/aromatic N) is 1. The molecule has 0 bridgehead atoms. The Morgan fingerprint density at radius 1 is 0.812 bits per heavy atom. The zero-order chi connectivity index (χ0) is 21.7. The minimum absolute atomic E-state index is 0.182. The molecule has 0 aliphatic carbocycles. The SMILES string of the molecule is Cc1ccc(C2c3c(nc(-c4ccccc4)[nH]c3=O)Oc3ccc4ccccc4c32)cc1. The predicted octanol–water partition coefficient (Wildman–Crippen LogP) is 6.18. The molecule has 0 spiro atoms. The number of benzene rings is 4. The molecule has 4 aromatic carbocycles. The first kappa shape index (κ1) is 18.6. The highest BCUT2D eigenvalue weighted by molar-refractivity contribution is 5.90. The van der Waals surface area contributed by atoms with Crippen molar-refractivity contribution in [3.8, 4) is 23.0 Å². The van der Waals surface area contributed by atoms with Gasteiger partial charge in [0.25, 0.3) is 5.56 Å². The van der Waals surface area contributed by atoms with Crippen LogP contribution in [0.2, 0.25) is 0 Å². The van der Waals surface area contributed by atoms with Crippen molar-refractivity contribution in [3.05, 3.63) is 124 Å². The summed E-state index contributed by atoms with van der Waals surface area (Å²) in [6, 6.07) is 30.2. The smallest absolute Gasteiger partial charge is 0.259 e. The first-order valence-electron chi connectivity index (χ1n) is 10.6. The van der Waals surface area contributed by atoms with Crippen LogP contribution in [0, 0.1) is 6.92 Å². The average molecular weight is 416 g/mol. The van der Waals surface area contributed by atoms with E-state index in [0.29, 0.717) is 17.3 Å². The van der Waals surface area contributed by atoms with E-state index in [-0.39, 0.29) is 11.5 Å². The van der Waals surface area contributed by atoms with Gasteiger partial charge in [0.2, 0.25) is 5.88 Å². The summed E-state index contributed by atoms with van der Waals surface area (Å²) >= 11 is 0. The zero-order valence-corrected chi connectivity index (χ0v) is 17.5. The molecule has 1 aromatic heterocycles. The minimum Gasteiger partial charge on any atom is -0.438 e. The van der Waals surface area contributed by atoms with Gasteiger partial charge in [-0.05, 0) is 29.3 Å². The van der Waals surface area contributed by atoms with E-state index in [1.54, 1.807) is 0 Å². The van der Waals surface area contributed by atoms with Gasteiger partial charge in [-0.3, -0.25) is 4.79 Å². The molecular weight excluding hydrogens is 396 g/mol. The van der Waals surface area contributed by atoms with Crippen molar-refractivity contribution in [2.75, 3.05) is 0 Å². The second-order valence-electron chi connectivity index (χ2n) is 8.14. The predicted molar refractivity (Wildman–Crippen MR) is 126 cm³/mol. The Hall–Kier alpha value is -4.18. The highest BCUT2D eigenvalue weighted by Crippen LogP contribution is 2.48. The van der Waals surface area contributed by atoms with Gasteiger partial charge in [-0.1, -0.05) is 90.5 Å². The molecule has 2 heterocycles. The van der Waals surface area contributed by atoms with Crippen LogP contribution in [0.25, 0.3) is 22.2 Å². The molecule has 0 saturated carbocycles. The number of ether oxygens (including phenoxy) is 1. The number of aromatic amines is 1. The van der Waals surface area contributed by atoms with E-state index in [0.717, 1.165) is 33.2 Å². The van der Waals surface area contributed by atoms with E-state index in [1.165, 1.54) is 5.56 Å². The minimum atomic E-state index is -0.276. The molecule has 32 heavy (non-hydrogen) atoms. The molecule has 4 nitrogen and oxygen atoms in total. The maximum Gasteiger partial charge on any atom is 0.259 e. The van der Waals surface area contributed by atoms with Crippen LogP contribution in [-0.4, -0.2) is 9.97 Å². The van der Waals surface area contributed by atoms with E-state index in [1.807, 2.05) is 48.5 Å². The van der Waals surface area contributed by atoms with Crippen LogP contribution >= 0.6 is 0 Å². The summed E-state index contributed by atoms with van der Waals surface area (Å²) in [6.07, 6.45) is 0. The number of fused-ring (bicyclic) bond motifs is 4. The molecule has 1 N–H and O–H groups in total. The second-order valence-corrected chi connectivity index (χ2v) is 8.14. The second kappa shape index (κ2) is 7.20. The zero-order valence-electron chi connectivity index (χ0n) is 17.5. The van der Waals surface area contributed by atoms with Crippen molar-refractivity contribution in [1.29, 1.82) is 0 Å². The molecule has 154 valence electrons. The maximum atomic E-state index is 13.5. The van der Waals surface area contributed by atoms with Crippen molar-refractivity contribution in [2.45, 2.75) is 12.8 Å². The fourth-order valence-electron chi connectivity index (χ4n) is 4.53. The van der Waals surface area contributed by atoms with Gasteiger partial charge < -0.3 is 9.72 Å². The van der Waals surface area contributed by atoms with Gasteiger partial charge in [-0.25, -0.2) is 0 Å². The van der Waals surface area contributed by atoms with Crippen molar-refractivity contribution < 1.29 is 4.74 Å². The molecule has 0 amide bonds. The van der Waals surface area contributed by atoms with Crippen LogP contribution in [0.5, 0.6) is 11.6 Å². The molecule has 0 radical (unpaired) electrons. The van der Waals surface area contributed by atoms with E-state index in [4.69, 9.17) is 9.72 Å². The molecule has 0 saturated heterocycles. The number of rotatable bonds is 2. The summed E-state index contributed by atoms with van der Waals surface area (Å²) in [4.78, 5) is 21.2. The van der Waals surface area contributed by atoms with Crippen molar-refractivity contribution >= 4 is 10.8 Å². The Kier molecular flexibility index (Phi) is 4.18. The quantitative estimate of drug-likeness (QED) is 0.366. The standard InChI is InChI=1S/C28H20N2O2/c1-17-11-13-19(14-12-17)23-24-21-10-6-5-7-18(21)15-16-22(24)32-28-25(23)27(31)29-26(30-28)20-8-3-2-4-9-20/h2-16,23H,1H3,(H,29,30,31). The third-order valence-electron chi connectivity index (χ3n) is 6.09. The molecular formula is C28H20N2O2. The summed E-state index contributed by atoms with van der Waals surface area (Å²) in [6.45, 7) is 2.06. The molecule has 1 atom stereocenters. The summed E-state index contributed by atoms with van der Waals surface area (Å²) < 4.78 is 6.27. The molecule has 5 aromatic rings. The number of hydrogen-bond donors (Lipinski definition) is 1. The van der Waals surface area contributed by atoms with Gasteiger partial charge in [0, 0.05) is 17.0 Å². The third kappa shape index (κ3) is 2.92. The van der Waals surface area contributed by atoms with E-state index in [9.17, 15) is 4.79 Å². The monoisotopic (exact) mass is 416 g/mol. The van der Waals surface area contributed by atoms with Gasteiger partial charge in [0.1, 0.15) is 11.6 Å². The summed E-state index contributed by atoms with van der Waals surface area (Å²) in [5.41, 5.74) is 4.41. The molecule has 1 aliphatic rings. The van der Waals surface area contributed by atoms with E-state index < -0.39 is 0 Å². The number of nitrogens with one attached hydrogen (secondary N) is 1. The Morgan fingerprint density at radius 3 is 2.38 bits per heavy atom. The largest absolute Gasteiger partial charge is 0.438 e. The normalized spacial score (nSPS) is 14.5. The summed E-state index contributed by atoms with van der Waals surface area (Å²) in [7, 11) is 0. The number of H-pyrrole nitrogens is 1. The van der Waals surface area contributed by atoms with Gasteiger partial charge in [0.05, 0.1) is 5.56 Å². The Labute approximate surface area is 185 Å². The molecule has 6 rings (SSSR count). The van der Waals surface area contributed by atoms with E-state index >= 15 is 0 Å². The Balaban J connectivity index is 1.65. The number of aromatic nitrogens is 2.